The lowest BCUT2D eigenvalue weighted by Crippen LogP contribution is -2.66. The van der Waals surface area contributed by atoms with Gasteiger partial charge in [-0.15, -0.1) is 0 Å². The molecule has 1 aliphatic carbocycles. The number of amides is 1. The first kappa shape index (κ1) is 13.5. The van der Waals surface area contributed by atoms with Gasteiger partial charge in [0.05, 0.1) is 0 Å². The minimum atomic E-state index is 0.114. The first-order chi connectivity index (χ1) is 9.39. The molecule has 0 bridgehead atoms. The monoisotopic (exact) mass is 273 g/mol. The van der Waals surface area contributed by atoms with Crippen LogP contribution < -0.4 is 4.74 Å². The minimum absolute atomic E-state index is 0.114. The van der Waals surface area contributed by atoms with Crippen molar-refractivity contribution in [1.82, 2.24) is 4.90 Å². The SMILES string of the molecule is Cc1ccccc1OCC(=O)N1CC2(C1)CC(C)(C)C2. The van der Waals surface area contributed by atoms with Gasteiger partial charge in [0.25, 0.3) is 5.91 Å². The Hall–Kier alpha value is -1.51. The van der Waals surface area contributed by atoms with Crippen LogP contribution in [0, 0.1) is 17.8 Å². The summed E-state index contributed by atoms with van der Waals surface area (Å²) in [5, 5.41) is 0. The Morgan fingerprint density at radius 3 is 2.50 bits per heavy atom. The number of hydrogen-bond donors (Lipinski definition) is 0. The third kappa shape index (κ3) is 2.41. The van der Waals surface area contributed by atoms with E-state index in [9.17, 15) is 4.79 Å². The van der Waals surface area contributed by atoms with Gasteiger partial charge in [0.2, 0.25) is 0 Å². The van der Waals surface area contributed by atoms with Crippen molar-refractivity contribution >= 4 is 5.91 Å². The molecule has 1 aromatic rings. The van der Waals surface area contributed by atoms with E-state index in [1.807, 2.05) is 36.1 Å². The van der Waals surface area contributed by atoms with Crippen molar-refractivity contribution in [2.45, 2.75) is 33.6 Å². The van der Waals surface area contributed by atoms with Gasteiger partial charge in [0.15, 0.2) is 6.61 Å². The highest BCUT2D eigenvalue weighted by Gasteiger charge is 2.56. The van der Waals surface area contributed by atoms with Crippen LogP contribution in [0.1, 0.15) is 32.3 Å². The van der Waals surface area contributed by atoms with Gasteiger partial charge in [-0.3, -0.25) is 4.79 Å². The molecule has 1 spiro atoms. The van der Waals surface area contributed by atoms with Gasteiger partial charge < -0.3 is 9.64 Å². The number of carbonyl (C=O) groups is 1. The topological polar surface area (TPSA) is 29.5 Å². The van der Waals surface area contributed by atoms with Gasteiger partial charge >= 0.3 is 0 Å². The third-order valence-electron chi connectivity index (χ3n) is 4.56. The molecular formula is C17H23NO2. The van der Waals surface area contributed by atoms with Gasteiger partial charge in [0, 0.05) is 18.5 Å². The zero-order valence-corrected chi connectivity index (χ0v) is 12.6. The number of likely N-dealkylation sites (tertiary alicyclic amines) is 1. The maximum absolute atomic E-state index is 12.1. The van der Waals surface area contributed by atoms with Crippen LogP contribution in [-0.4, -0.2) is 30.5 Å². The van der Waals surface area contributed by atoms with Crippen LogP contribution in [0.5, 0.6) is 5.75 Å². The van der Waals surface area contributed by atoms with E-state index in [0.717, 1.165) is 24.4 Å². The summed E-state index contributed by atoms with van der Waals surface area (Å²) >= 11 is 0. The fourth-order valence-corrected chi connectivity index (χ4v) is 4.09. The van der Waals surface area contributed by atoms with Crippen LogP contribution in [0.15, 0.2) is 24.3 Å². The highest BCUT2D eigenvalue weighted by atomic mass is 16.5. The minimum Gasteiger partial charge on any atom is -0.484 e. The highest BCUT2D eigenvalue weighted by Crippen LogP contribution is 2.58. The first-order valence-corrected chi connectivity index (χ1v) is 7.36. The Labute approximate surface area is 120 Å². The highest BCUT2D eigenvalue weighted by molar-refractivity contribution is 5.79. The summed E-state index contributed by atoms with van der Waals surface area (Å²) < 4.78 is 5.62. The van der Waals surface area contributed by atoms with Crippen molar-refractivity contribution in [1.29, 1.82) is 0 Å². The Bertz CT molecular complexity index is 520. The van der Waals surface area contributed by atoms with E-state index in [-0.39, 0.29) is 12.5 Å². The molecule has 2 aliphatic rings. The van der Waals surface area contributed by atoms with Crippen LogP contribution in [0.4, 0.5) is 0 Å². The number of rotatable bonds is 3. The normalized spacial score (nSPS) is 22.1. The molecule has 3 nitrogen and oxygen atoms in total. The molecule has 20 heavy (non-hydrogen) atoms. The Balaban J connectivity index is 1.47. The molecular weight excluding hydrogens is 250 g/mol. The summed E-state index contributed by atoms with van der Waals surface area (Å²) in [6, 6.07) is 7.81. The lowest BCUT2D eigenvalue weighted by atomic mass is 9.51. The smallest absolute Gasteiger partial charge is 0.260 e. The molecule has 0 N–H and O–H groups in total. The van der Waals surface area contributed by atoms with E-state index >= 15 is 0 Å². The Kier molecular flexibility index (Phi) is 3.03. The number of hydrogen-bond acceptors (Lipinski definition) is 2. The van der Waals surface area contributed by atoms with E-state index in [2.05, 4.69) is 13.8 Å². The standard InChI is InChI=1S/C17H23NO2/c1-13-6-4-5-7-14(13)20-8-15(19)18-11-17(12-18)9-16(2,3)10-17/h4-7H,8-12H2,1-3H3. The second-order valence-corrected chi connectivity index (χ2v) is 7.32. The molecule has 108 valence electrons. The van der Waals surface area contributed by atoms with E-state index in [1.54, 1.807) is 0 Å². The lowest BCUT2D eigenvalue weighted by Gasteiger charge is -2.62. The molecule has 0 aromatic heterocycles. The molecule has 3 heteroatoms. The van der Waals surface area contributed by atoms with Crippen LogP contribution in [-0.2, 0) is 4.79 Å². The predicted octanol–water partition coefficient (Wildman–Crippen LogP) is 3.02. The maximum Gasteiger partial charge on any atom is 0.260 e. The molecule has 1 amide bonds. The number of benzene rings is 1. The number of aryl methyl sites for hydroxylation is 1. The van der Waals surface area contributed by atoms with E-state index in [1.165, 1.54) is 12.8 Å². The summed E-state index contributed by atoms with van der Waals surface area (Å²) in [6.07, 6.45) is 2.50. The number of ether oxygens (including phenoxy) is 1. The first-order valence-electron chi connectivity index (χ1n) is 7.36. The fraction of sp³-hybridized carbons (Fsp3) is 0.588. The van der Waals surface area contributed by atoms with Crippen molar-refractivity contribution in [3.63, 3.8) is 0 Å². The van der Waals surface area contributed by atoms with Crippen molar-refractivity contribution in [3.8, 4) is 5.75 Å². The summed E-state index contributed by atoms with van der Waals surface area (Å²) in [5.41, 5.74) is 1.98. The molecule has 1 aromatic carbocycles. The molecule has 1 heterocycles. The van der Waals surface area contributed by atoms with Crippen LogP contribution in [0.25, 0.3) is 0 Å². The number of nitrogens with zero attached hydrogens (tertiary/aromatic N) is 1. The van der Waals surface area contributed by atoms with Crippen molar-refractivity contribution < 1.29 is 9.53 Å². The fourth-order valence-electron chi connectivity index (χ4n) is 4.09. The van der Waals surface area contributed by atoms with Gasteiger partial charge in [-0.1, -0.05) is 32.0 Å². The molecule has 1 saturated carbocycles. The molecule has 0 atom stereocenters. The quantitative estimate of drug-likeness (QED) is 0.847. The zero-order valence-electron chi connectivity index (χ0n) is 12.6. The summed E-state index contributed by atoms with van der Waals surface area (Å²) in [4.78, 5) is 14.0. The molecule has 1 aliphatic heterocycles. The summed E-state index contributed by atoms with van der Waals surface area (Å²) in [5.74, 6) is 0.921. The van der Waals surface area contributed by atoms with E-state index in [0.29, 0.717) is 10.8 Å². The van der Waals surface area contributed by atoms with Gasteiger partial charge in [-0.05, 0) is 36.8 Å². The third-order valence-corrected chi connectivity index (χ3v) is 4.56. The van der Waals surface area contributed by atoms with Crippen molar-refractivity contribution in [2.75, 3.05) is 19.7 Å². The van der Waals surface area contributed by atoms with Gasteiger partial charge in [-0.2, -0.15) is 0 Å². The number of carbonyl (C=O) groups excluding carboxylic acids is 1. The van der Waals surface area contributed by atoms with E-state index < -0.39 is 0 Å². The summed E-state index contributed by atoms with van der Waals surface area (Å²) in [6.45, 7) is 8.62. The van der Waals surface area contributed by atoms with Crippen molar-refractivity contribution in [3.05, 3.63) is 29.8 Å². The molecule has 3 rings (SSSR count). The zero-order chi connectivity index (χ0) is 14.4. The lowest BCUT2D eigenvalue weighted by molar-refractivity contribution is -0.166. The Morgan fingerprint density at radius 2 is 1.90 bits per heavy atom. The van der Waals surface area contributed by atoms with Gasteiger partial charge in [-0.25, -0.2) is 0 Å². The van der Waals surface area contributed by atoms with Gasteiger partial charge in [0.1, 0.15) is 5.75 Å². The molecule has 1 saturated heterocycles. The largest absolute Gasteiger partial charge is 0.484 e. The van der Waals surface area contributed by atoms with Crippen LogP contribution >= 0.6 is 0 Å². The van der Waals surface area contributed by atoms with Crippen LogP contribution in [0.2, 0.25) is 0 Å². The van der Waals surface area contributed by atoms with E-state index in [4.69, 9.17) is 4.74 Å². The molecule has 2 fully saturated rings. The second-order valence-electron chi connectivity index (χ2n) is 7.32. The average Bonchev–Trinajstić information content (AvgIpc) is 2.31. The second kappa shape index (κ2) is 4.51. The van der Waals surface area contributed by atoms with Crippen molar-refractivity contribution in [2.24, 2.45) is 10.8 Å². The Morgan fingerprint density at radius 1 is 1.25 bits per heavy atom. The molecule has 0 unspecified atom stereocenters. The number of para-hydroxylation sites is 1. The molecule has 0 radical (unpaired) electrons. The summed E-state index contributed by atoms with van der Waals surface area (Å²) in [7, 11) is 0. The predicted molar refractivity (Wildman–Crippen MR) is 78.7 cm³/mol. The average molecular weight is 273 g/mol. The van der Waals surface area contributed by atoms with Crippen LogP contribution in [0.3, 0.4) is 0 Å². The maximum atomic E-state index is 12.1.